The largest absolute Gasteiger partial charge is 0.416 e. The topological polar surface area (TPSA) is 41.9 Å². The van der Waals surface area contributed by atoms with Crippen LogP contribution in [0.25, 0.3) is 11.4 Å². The molecule has 28 heavy (non-hydrogen) atoms. The lowest BCUT2D eigenvalue weighted by atomic mass is 10.1. The summed E-state index contributed by atoms with van der Waals surface area (Å²) in [4.78, 5) is 15.3. The van der Waals surface area contributed by atoms with Gasteiger partial charge in [0.25, 0.3) is 0 Å². The first kappa shape index (κ1) is 18.8. The van der Waals surface area contributed by atoms with Crippen molar-refractivity contribution in [3.63, 3.8) is 0 Å². The van der Waals surface area contributed by atoms with Crippen molar-refractivity contribution in [2.24, 2.45) is 0 Å². The number of nitrogens with zero attached hydrogens (tertiary/aromatic N) is 4. The highest BCUT2D eigenvalue weighted by molar-refractivity contribution is 6.29. The quantitative estimate of drug-likeness (QED) is 0.590. The number of hydrogen-bond donors (Lipinski definition) is 0. The molecular weight excluding hydrogens is 389 g/mol. The standard InChI is InChI=1S/C20H16ClF3N4/c21-18-6-1-13(9-25-18)11-28-8-7-17-15(12-28)10-26-19(27-17)14-2-4-16(5-3-14)20(22,23)24/h1-6,9-10H,7-8,11-12H2. The van der Waals surface area contributed by atoms with Gasteiger partial charge in [0.1, 0.15) is 5.15 Å². The zero-order valence-corrected chi connectivity index (χ0v) is 15.5. The second-order valence-corrected chi connectivity index (χ2v) is 7.08. The van der Waals surface area contributed by atoms with Crippen molar-refractivity contribution in [2.45, 2.75) is 25.7 Å². The predicted octanol–water partition coefficient (Wildman–Crippen LogP) is 4.77. The van der Waals surface area contributed by atoms with E-state index in [0.717, 1.165) is 48.5 Å². The van der Waals surface area contributed by atoms with Gasteiger partial charge in [0.05, 0.1) is 11.3 Å². The number of rotatable bonds is 3. The fraction of sp³-hybridized carbons (Fsp3) is 0.250. The molecule has 1 aromatic carbocycles. The van der Waals surface area contributed by atoms with Gasteiger partial charge in [0.2, 0.25) is 0 Å². The SMILES string of the molecule is FC(F)(F)c1ccc(-c2ncc3c(n2)CCN(Cc2ccc(Cl)nc2)C3)cc1. The molecule has 0 spiro atoms. The van der Waals surface area contributed by atoms with E-state index in [1.165, 1.54) is 12.1 Å². The first-order valence-electron chi connectivity index (χ1n) is 8.74. The third-order valence-electron chi connectivity index (χ3n) is 4.68. The molecule has 144 valence electrons. The summed E-state index contributed by atoms with van der Waals surface area (Å²) in [5, 5.41) is 0.469. The highest BCUT2D eigenvalue weighted by Gasteiger charge is 2.30. The smallest absolute Gasteiger partial charge is 0.294 e. The highest BCUT2D eigenvalue weighted by atomic mass is 35.5. The monoisotopic (exact) mass is 404 g/mol. The van der Waals surface area contributed by atoms with Crippen LogP contribution in [-0.2, 0) is 25.7 Å². The van der Waals surface area contributed by atoms with Crippen molar-refractivity contribution >= 4 is 11.6 Å². The summed E-state index contributed by atoms with van der Waals surface area (Å²) < 4.78 is 38.1. The minimum Gasteiger partial charge on any atom is -0.294 e. The van der Waals surface area contributed by atoms with Gasteiger partial charge in [0.15, 0.2) is 5.82 Å². The van der Waals surface area contributed by atoms with E-state index in [0.29, 0.717) is 23.1 Å². The summed E-state index contributed by atoms with van der Waals surface area (Å²) in [5.74, 6) is 0.447. The van der Waals surface area contributed by atoms with Gasteiger partial charge < -0.3 is 0 Å². The molecule has 3 aromatic rings. The summed E-state index contributed by atoms with van der Waals surface area (Å²) in [6.07, 6.45) is -0.0610. The van der Waals surface area contributed by atoms with Crippen LogP contribution < -0.4 is 0 Å². The first-order valence-corrected chi connectivity index (χ1v) is 9.11. The van der Waals surface area contributed by atoms with Crippen LogP contribution in [0.15, 0.2) is 48.8 Å². The molecule has 0 fully saturated rings. The number of halogens is 4. The van der Waals surface area contributed by atoms with Crippen LogP contribution >= 0.6 is 11.6 Å². The molecule has 3 heterocycles. The van der Waals surface area contributed by atoms with Crippen LogP contribution in [-0.4, -0.2) is 26.4 Å². The number of benzene rings is 1. The Hall–Kier alpha value is -2.51. The number of aromatic nitrogens is 3. The van der Waals surface area contributed by atoms with Crippen molar-refractivity contribution in [3.8, 4) is 11.4 Å². The Bertz CT molecular complexity index is 972. The summed E-state index contributed by atoms with van der Waals surface area (Å²) in [7, 11) is 0. The predicted molar refractivity (Wildman–Crippen MR) is 99.5 cm³/mol. The van der Waals surface area contributed by atoms with Crippen molar-refractivity contribution in [1.29, 1.82) is 0 Å². The molecule has 0 radical (unpaired) electrons. The number of hydrogen-bond acceptors (Lipinski definition) is 4. The zero-order chi connectivity index (χ0) is 19.7. The minimum absolute atomic E-state index is 0.447. The van der Waals surface area contributed by atoms with Crippen LogP contribution in [0, 0.1) is 0 Å². The molecule has 4 rings (SSSR count). The molecule has 1 aliphatic rings. The average Bonchev–Trinajstić information content (AvgIpc) is 2.69. The van der Waals surface area contributed by atoms with E-state index >= 15 is 0 Å². The molecule has 0 unspecified atom stereocenters. The van der Waals surface area contributed by atoms with Crippen LogP contribution in [0.1, 0.15) is 22.4 Å². The normalized spacial score (nSPS) is 14.7. The number of alkyl halides is 3. The Morgan fingerprint density at radius 2 is 1.79 bits per heavy atom. The van der Waals surface area contributed by atoms with Gasteiger partial charge in [-0.1, -0.05) is 29.8 Å². The summed E-state index contributed by atoms with van der Waals surface area (Å²) in [5.41, 5.74) is 2.95. The summed E-state index contributed by atoms with van der Waals surface area (Å²) >= 11 is 5.82. The van der Waals surface area contributed by atoms with E-state index in [-0.39, 0.29) is 0 Å². The molecular formula is C20H16ClF3N4. The maximum atomic E-state index is 12.7. The molecule has 8 heteroatoms. The molecule has 1 aliphatic heterocycles. The Morgan fingerprint density at radius 1 is 1.00 bits per heavy atom. The Balaban J connectivity index is 1.49. The number of fused-ring (bicyclic) bond motifs is 1. The van der Waals surface area contributed by atoms with Crippen LogP contribution in [0.5, 0.6) is 0 Å². The van der Waals surface area contributed by atoms with Gasteiger partial charge in [-0.2, -0.15) is 13.2 Å². The molecule has 0 atom stereocenters. The second-order valence-electron chi connectivity index (χ2n) is 6.69. The van der Waals surface area contributed by atoms with E-state index in [2.05, 4.69) is 19.9 Å². The zero-order valence-electron chi connectivity index (χ0n) is 14.7. The maximum absolute atomic E-state index is 12.7. The Kier molecular flexibility index (Phi) is 5.03. The summed E-state index contributed by atoms with van der Waals surface area (Å²) in [6.45, 7) is 2.30. The molecule has 0 N–H and O–H groups in total. The fourth-order valence-corrected chi connectivity index (χ4v) is 3.33. The van der Waals surface area contributed by atoms with Crippen molar-refractivity contribution in [1.82, 2.24) is 19.9 Å². The first-order chi connectivity index (χ1) is 13.4. The lowest BCUT2D eigenvalue weighted by molar-refractivity contribution is -0.137. The molecule has 2 aromatic heterocycles. The lowest BCUT2D eigenvalue weighted by Gasteiger charge is -2.28. The van der Waals surface area contributed by atoms with E-state index in [1.54, 1.807) is 18.5 Å². The van der Waals surface area contributed by atoms with Crippen molar-refractivity contribution in [3.05, 3.63) is 76.3 Å². The molecule has 0 aliphatic carbocycles. The molecule has 0 saturated heterocycles. The summed E-state index contributed by atoms with van der Waals surface area (Å²) in [6, 6.07) is 8.66. The average molecular weight is 405 g/mol. The molecule has 4 nitrogen and oxygen atoms in total. The van der Waals surface area contributed by atoms with Gasteiger partial charge in [-0.05, 0) is 23.8 Å². The third kappa shape index (κ3) is 4.15. The fourth-order valence-electron chi connectivity index (χ4n) is 3.22. The molecule has 0 amide bonds. The van der Waals surface area contributed by atoms with E-state index in [9.17, 15) is 13.2 Å². The number of pyridine rings is 1. The van der Waals surface area contributed by atoms with E-state index < -0.39 is 11.7 Å². The molecule has 0 bridgehead atoms. The van der Waals surface area contributed by atoms with Gasteiger partial charge in [-0.15, -0.1) is 0 Å². The Labute approximate surface area is 165 Å². The van der Waals surface area contributed by atoms with E-state index in [1.807, 2.05) is 6.07 Å². The lowest BCUT2D eigenvalue weighted by Crippen LogP contribution is -2.31. The van der Waals surface area contributed by atoms with Gasteiger partial charge in [0, 0.05) is 49.6 Å². The minimum atomic E-state index is -4.35. The van der Waals surface area contributed by atoms with Gasteiger partial charge >= 0.3 is 6.18 Å². The van der Waals surface area contributed by atoms with Crippen LogP contribution in [0.2, 0.25) is 5.15 Å². The maximum Gasteiger partial charge on any atom is 0.416 e. The van der Waals surface area contributed by atoms with Crippen molar-refractivity contribution in [2.75, 3.05) is 6.54 Å². The van der Waals surface area contributed by atoms with Gasteiger partial charge in [-0.3, -0.25) is 4.90 Å². The van der Waals surface area contributed by atoms with Crippen LogP contribution in [0.4, 0.5) is 13.2 Å². The third-order valence-corrected chi connectivity index (χ3v) is 4.90. The van der Waals surface area contributed by atoms with Crippen molar-refractivity contribution < 1.29 is 13.2 Å². The van der Waals surface area contributed by atoms with Crippen LogP contribution in [0.3, 0.4) is 0 Å². The molecule has 0 saturated carbocycles. The van der Waals surface area contributed by atoms with Gasteiger partial charge in [-0.25, -0.2) is 15.0 Å². The second kappa shape index (κ2) is 7.48. The Morgan fingerprint density at radius 3 is 2.46 bits per heavy atom. The van der Waals surface area contributed by atoms with E-state index in [4.69, 9.17) is 11.6 Å². The highest BCUT2D eigenvalue weighted by Crippen LogP contribution is 2.30.